The summed E-state index contributed by atoms with van der Waals surface area (Å²) >= 11 is 0. The van der Waals surface area contributed by atoms with Crippen LogP contribution < -0.4 is 5.73 Å². The normalized spacial score (nSPS) is 17.3. The van der Waals surface area contributed by atoms with Gasteiger partial charge in [0.25, 0.3) is 0 Å². The lowest BCUT2D eigenvalue weighted by molar-refractivity contribution is 0.203. The van der Waals surface area contributed by atoms with Crippen LogP contribution in [0.3, 0.4) is 0 Å². The summed E-state index contributed by atoms with van der Waals surface area (Å²) in [6.45, 7) is 6.19. The van der Waals surface area contributed by atoms with Gasteiger partial charge in [-0.15, -0.1) is 12.4 Å². The number of benzene rings is 1. The number of aromatic nitrogens is 2. The highest BCUT2D eigenvalue weighted by atomic mass is 35.5. The van der Waals surface area contributed by atoms with Crippen molar-refractivity contribution in [3.05, 3.63) is 30.0 Å². The molecule has 5 heteroatoms. The number of likely N-dealkylation sites (tertiary alicyclic amines) is 1. The molecule has 1 aliphatic heterocycles. The Bertz CT molecular complexity index is 558. The van der Waals surface area contributed by atoms with Crippen LogP contribution in [0, 0.1) is 0 Å². The Balaban J connectivity index is 0.00000147. The second kappa shape index (κ2) is 6.57. The van der Waals surface area contributed by atoms with Gasteiger partial charge in [-0.2, -0.15) is 5.10 Å². The van der Waals surface area contributed by atoms with E-state index in [0.717, 1.165) is 39.0 Å². The summed E-state index contributed by atoms with van der Waals surface area (Å²) < 4.78 is 2.10. The van der Waals surface area contributed by atoms with Crippen LogP contribution in [0.4, 0.5) is 0 Å². The van der Waals surface area contributed by atoms with Crippen LogP contribution in [0.5, 0.6) is 0 Å². The van der Waals surface area contributed by atoms with Gasteiger partial charge in [-0.3, -0.25) is 9.58 Å². The molecule has 20 heavy (non-hydrogen) atoms. The van der Waals surface area contributed by atoms with Crippen molar-refractivity contribution in [2.75, 3.05) is 13.1 Å². The number of rotatable bonds is 3. The summed E-state index contributed by atoms with van der Waals surface area (Å²) in [6, 6.07) is 8.90. The summed E-state index contributed by atoms with van der Waals surface area (Å²) in [5.74, 6) is 0. The van der Waals surface area contributed by atoms with E-state index in [2.05, 4.69) is 40.8 Å². The zero-order chi connectivity index (χ0) is 13.2. The lowest BCUT2D eigenvalue weighted by Gasteiger charge is -2.29. The van der Waals surface area contributed by atoms with Gasteiger partial charge < -0.3 is 5.73 Å². The highest BCUT2D eigenvalue weighted by Gasteiger charge is 2.18. The number of halogens is 1. The van der Waals surface area contributed by atoms with Crippen LogP contribution in [0.1, 0.15) is 25.5 Å². The highest BCUT2D eigenvalue weighted by molar-refractivity contribution is 5.85. The number of fused-ring (bicyclic) bond motifs is 1. The third-order valence-corrected chi connectivity index (χ3v) is 4.04. The Kier molecular flexibility index (Phi) is 5.02. The van der Waals surface area contributed by atoms with Gasteiger partial charge in [0.1, 0.15) is 0 Å². The minimum atomic E-state index is 0. The fourth-order valence-corrected chi connectivity index (χ4v) is 2.88. The maximum absolute atomic E-state index is 5.96. The molecule has 0 aliphatic carbocycles. The fourth-order valence-electron chi connectivity index (χ4n) is 2.88. The van der Waals surface area contributed by atoms with Crippen molar-refractivity contribution in [1.29, 1.82) is 0 Å². The molecule has 1 aromatic carbocycles. The SMILES string of the molecule is CCn1nc(CN2CCC(N)CC2)c2ccccc21.Cl. The molecule has 0 spiro atoms. The first-order valence-corrected chi connectivity index (χ1v) is 7.20. The van der Waals surface area contributed by atoms with Crippen LogP contribution in [-0.2, 0) is 13.1 Å². The Morgan fingerprint density at radius 2 is 1.95 bits per heavy atom. The van der Waals surface area contributed by atoms with E-state index in [4.69, 9.17) is 10.8 Å². The van der Waals surface area contributed by atoms with Gasteiger partial charge in [-0.25, -0.2) is 0 Å². The molecule has 2 N–H and O–H groups in total. The Morgan fingerprint density at radius 3 is 2.65 bits per heavy atom. The second-order valence-corrected chi connectivity index (χ2v) is 5.39. The average Bonchev–Trinajstić information content (AvgIpc) is 2.80. The summed E-state index contributed by atoms with van der Waals surface area (Å²) in [7, 11) is 0. The number of aryl methyl sites for hydroxylation is 1. The Hall–Kier alpha value is -1.10. The molecular weight excluding hydrogens is 272 g/mol. The largest absolute Gasteiger partial charge is 0.328 e. The van der Waals surface area contributed by atoms with Crippen molar-refractivity contribution in [2.24, 2.45) is 5.73 Å². The monoisotopic (exact) mass is 294 g/mol. The summed E-state index contributed by atoms with van der Waals surface area (Å²) in [5, 5.41) is 6.06. The molecule has 0 amide bonds. The molecule has 0 unspecified atom stereocenters. The first-order valence-electron chi connectivity index (χ1n) is 7.20. The van der Waals surface area contributed by atoms with E-state index in [1.165, 1.54) is 16.6 Å². The third-order valence-electron chi connectivity index (χ3n) is 4.04. The maximum atomic E-state index is 5.96. The van der Waals surface area contributed by atoms with Crippen molar-refractivity contribution in [2.45, 2.75) is 38.9 Å². The number of nitrogens with two attached hydrogens (primary N) is 1. The predicted octanol–water partition coefficient (Wildman–Crippen LogP) is 2.40. The van der Waals surface area contributed by atoms with E-state index in [9.17, 15) is 0 Å². The van der Waals surface area contributed by atoms with Gasteiger partial charge in [0.05, 0.1) is 11.2 Å². The lowest BCUT2D eigenvalue weighted by Crippen LogP contribution is -2.39. The highest BCUT2D eigenvalue weighted by Crippen LogP contribution is 2.21. The van der Waals surface area contributed by atoms with E-state index < -0.39 is 0 Å². The summed E-state index contributed by atoms with van der Waals surface area (Å²) in [4.78, 5) is 2.47. The number of nitrogens with zero attached hydrogens (tertiary/aromatic N) is 3. The van der Waals surface area contributed by atoms with E-state index >= 15 is 0 Å². The van der Waals surface area contributed by atoms with Gasteiger partial charge in [0.15, 0.2) is 0 Å². The zero-order valence-electron chi connectivity index (χ0n) is 12.0. The molecule has 1 aliphatic rings. The molecule has 110 valence electrons. The minimum absolute atomic E-state index is 0. The number of piperidine rings is 1. The van der Waals surface area contributed by atoms with E-state index in [-0.39, 0.29) is 12.4 Å². The van der Waals surface area contributed by atoms with Crippen molar-refractivity contribution < 1.29 is 0 Å². The van der Waals surface area contributed by atoms with Crippen LogP contribution in [0.25, 0.3) is 10.9 Å². The first-order chi connectivity index (χ1) is 9.28. The molecule has 1 fully saturated rings. The van der Waals surface area contributed by atoms with Gasteiger partial charge >= 0.3 is 0 Å². The van der Waals surface area contributed by atoms with Crippen molar-refractivity contribution in [3.8, 4) is 0 Å². The molecule has 2 heterocycles. The molecule has 1 saturated heterocycles. The van der Waals surface area contributed by atoms with Crippen LogP contribution in [-0.4, -0.2) is 33.8 Å². The van der Waals surface area contributed by atoms with Crippen molar-refractivity contribution in [3.63, 3.8) is 0 Å². The molecule has 4 nitrogen and oxygen atoms in total. The van der Waals surface area contributed by atoms with Crippen LogP contribution in [0.15, 0.2) is 24.3 Å². The third kappa shape index (κ3) is 2.97. The topological polar surface area (TPSA) is 47.1 Å². The standard InChI is InChI=1S/C15H22N4.ClH/c1-2-19-15-6-4-3-5-13(15)14(17-19)11-18-9-7-12(16)8-10-18;/h3-6,12H,2,7-11,16H2,1H3;1H. The summed E-state index contributed by atoms with van der Waals surface area (Å²) in [5.41, 5.74) is 8.41. The van der Waals surface area contributed by atoms with Gasteiger partial charge in [-0.1, -0.05) is 18.2 Å². The van der Waals surface area contributed by atoms with Crippen molar-refractivity contribution >= 4 is 23.3 Å². The maximum Gasteiger partial charge on any atom is 0.0843 e. The van der Waals surface area contributed by atoms with Crippen LogP contribution >= 0.6 is 12.4 Å². The minimum Gasteiger partial charge on any atom is -0.328 e. The number of hydrogen-bond acceptors (Lipinski definition) is 3. The molecule has 3 rings (SSSR count). The molecule has 0 saturated carbocycles. The van der Waals surface area contributed by atoms with Crippen molar-refractivity contribution in [1.82, 2.24) is 14.7 Å². The zero-order valence-corrected chi connectivity index (χ0v) is 12.8. The Morgan fingerprint density at radius 1 is 1.25 bits per heavy atom. The van der Waals surface area contributed by atoms with E-state index in [1.807, 2.05) is 0 Å². The Labute approximate surface area is 126 Å². The first kappa shape index (κ1) is 15.3. The molecular formula is C15H23ClN4. The molecule has 0 atom stereocenters. The summed E-state index contributed by atoms with van der Waals surface area (Å²) in [6.07, 6.45) is 2.21. The van der Waals surface area contributed by atoms with Gasteiger partial charge in [0, 0.05) is 37.6 Å². The molecule has 0 radical (unpaired) electrons. The molecule has 2 aromatic rings. The molecule has 0 bridgehead atoms. The smallest absolute Gasteiger partial charge is 0.0843 e. The number of hydrogen-bond donors (Lipinski definition) is 1. The van der Waals surface area contributed by atoms with E-state index in [0.29, 0.717) is 6.04 Å². The second-order valence-electron chi connectivity index (χ2n) is 5.39. The fraction of sp³-hybridized carbons (Fsp3) is 0.533. The lowest BCUT2D eigenvalue weighted by atomic mass is 10.1. The molecule has 1 aromatic heterocycles. The average molecular weight is 295 g/mol. The quantitative estimate of drug-likeness (QED) is 0.945. The van der Waals surface area contributed by atoms with Gasteiger partial charge in [0.2, 0.25) is 0 Å². The number of para-hydroxylation sites is 1. The predicted molar refractivity (Wildman–Crippen MR) is 85.1 cm³/mol. The van der Waals surface area contributed by atoms with E-state index in [1.54, 1.807) is 0 Å². The van der Waals surface area contributed by atoms with Crippen LogP contribution in [0.2, 0.25) is 0 Å². The van der Waals surface area contributed by atoms with Gasteiger partial charge in [-0.05, 0) is 25.8 Å².